The van der Waals surface area contributed by atoms with Gasteiger partial charge < -0.3 is 15.2 Å². The first-order chi connectivity index (χ1) is 13.7. The maximum atomic E-state index is 4.41. The molecule has 6 nitrogen and oxygen atoms in total. The van der Waals surface area contributed by atoms with Crippen LogP contribution in [0.4, 0.5) is 0 Å². The fraction of sp³-hybridized carbons (Fsp3) is 0.609. The smallest absolute Gasteiger partial charge is 0.191 e. The lowest BCUT2D eigenvalue weighted by atomic mass is 9.77. The Morgan fingerprint density at radius 1 is 1.10 bits per heavy atom. The lowest BCUT2D eigenvalue weighted by Gasteiger charge is -2.31. The summed E-state index contributed by atoms with van der Waals surface area (Å²) in [6, 6.07) is 9.29. The molecule has 2 N–H and O–H groups in total. The van der Waals surface area contributed by atoms with Crippen molar-refractivity contribution in [3.8, 4) is 0 Å². The molecule has 1 fully saturated rings. The van der Waals surface area contributed by atoms with E-state index in [0.717, 1.165) is 24.2 Å². The van der Waals surface area contributed by atoms with Crippen molar-refractivity contribution in [2.24, 2.45) is 12.0 Å². The third-order valence-electron chi connectivity index (χ3n) is 6.34. The highest BCUT2D eigenvalue weighted by Crippen LogP contribution is 2.41. The van der Waals surface area contributed by atoms with Crippen molar-refractivity contribution in [3.05, 3.63) is 47.0 Å². The number of aliphatic imine (C=N–C) groups is 1. The van der Waals surface area contributed by atoms with Gasteiger partial charge in [-0.3, -0.25) is 4.99 Å². The predicted octanol–water partition coefficient (Wildman–Crippen LogP) is 4.22. The van der Waals surface area contributed by atoms with Crippen LogP contribution in [0.2, 0.25) is 0 Å². The van der Waals surface area contributed by atoms with Crippen molar-refractivity contribution in [1.29, 1.82) is 0 Å². The van der Waals surface area contributed by atoms with Gasteiger partial charge in [0, 0.05) is 26.1 Å². The van der Waals surface area contributed by atoms with Gasteiger partial charge in [-0.05, 0) is 36.3 Å². The number of halogens is 1. The molecule has 3 rings (SSSR count). The Hall–Kier alpha value is -1.64. The molecule has 1 aliphatic carbocycles. The van der Waals surface area contributed by atoms with Crippen LogP contribution in [-0.4, -0.2) is 34.3 Å². The van der Waals surface area contributed by atoms with Crippen LogP contribution in [0, 0.1) is 6.92 Å². The highest BCUT2D eigenvalue weighted by atomic mass is 127. The number of nitrogens with one attached hydrogen (secondary N) is 2. The van der Waals surface area contributed by atoms with Crippen molar-refractivity contribution >= 4 is 29.9 Å². The van der Waals surface area contributed by atoms with Crippen LogP contribution in [0.15, 0.2) is 29.3 Å². The Labute approximate surface area is 198 Å². The molecule has 30 heavy (non-hydrogen) atoms. The fourth-order valence-electron chi connectivity index (χ4n) is 4.18. The number of rotatable bonds is 5. The predicted molar refractivity (Wildman–Crippen MR) is 135 cm³/mol. The molecule has 7 heteroatoms. The minimum Gasteiger partial charge on any atom is -0.356 e. The molecule has 0 aliphatic heterocycles. The fourth-order valence-corrected chi connectivity index (χ4v) is 4.18. The van der Waals surface area contributed by atoms with Gasteiger partial charge in [0.2, 0.25) is 0 Å². The Balaban J connectivity index is 0.00000320. The Morgan fingerprint density at radius 3 is 2.23 bits per heavy atom. The third kappa shape index (κ3) is 5.53. The molecule has 1 aliphatic rings. The van der Waals surface area contributed by atoms with Crippen molar-refractivity contribution < 1.29 is 0 Å². The molecule has 2 aromatic rings. The molecule has 0 spiro atoms. The van der Waals surface area contributed by atoms with E-state index in [4.69, 9.17) is 0 Å². The topological polar surface area (TPSA) is 67.1 Å². The van der Waals surface area contributed by atoms with Gasteiger partial charge in [-0.25, -0.2) is 0 Å². The number of benzene rings is 1. The molecule has 1 saturated carbocycles. The van der Waals surface area contributed by atoms with E-state index < -0.39 is 0 Å². The first-order valence-corrected chi connectivity index (χ1v) is 10.7. The van der Waals surface area contributed by atoms with Crippen molar-refractivity contribution in [1.82, 2.24) is 25.4 Å². The van der Waals surface area contributed by atoms with Crippen LogP contribution < -0.4 is 10.6 Å². The van der Waals surface area contributed by atoms with E-state index in [1.165, 1.54) is 36.8 Å². The summed E-state index contributed by atoms with van der Waals surface area (Å²) in [7, 11) is 3.80. The summed E-state index contributed by atoms with van der Waals surface area (Å²) in [6.07, 6.45) is 5.00. The third-order valence-corrected chi connectivity index (χ3v) is 6.34. The number of nitrogens with zero attached hydrogens (tertiary/aromatic N) is 4. The number of hydrogen-bond acceptors (Lipinski definition) is 3. The minimum atomic E-state index is 0. The van der Waals surface area contributed by atoms with Gasteiger partial charge in [-0.1, -0.05) is 57.9 Å². The Morgan fingerprint density at radius 2 is 1.73 bits per heavy atom. The van der Waals surface area contributed by atoms with Gasteiger partial charge in [-0.15, -0.1) is 34.2 Å². The zero-order chi connectivity index (χ0) is 21.1. The second-order valence-electron chi connectivity index (χ2n) is 9.32. The van der Waals surface area contributed by atoms with E-state index in [-0.39, 0.29) is 34.8 Å². The molecule has 0 amide bonds. The van der Waals surface area contributed by atoms with Gasteiger partial charge in [0.15, 0.2) is 11.8 Å². The van der Waals surface area contributed by atoms with Crippen molar-refractivity contribution in [2.75, 3.05) is 13.6 Å². The molecule has 1 aromatic heterocycles. The lowest BCUT2D eigenvalue weighted by molar-refractivity contribution is 0.431. The molecule has 0 saturated heterocycles. The second-order valence-corrected chi connectivity index (χ2v) is 9.32. The summed E-state index contributed by atoms with van der Waals surface area (Å²) in [5.41, 5.74) is 3.19. The van der Waals surface area contributed by atoms with Crippen molar-refractivity contribution in [2.45, 2.75) is 70.8 Å². The molecule has 1 heterocycles. The average molecular weight is 524 g/mol. The van der Waals surface area contributed by atoms with Crippen LogP contribution in [0.5, 0.6) is 0 Å². The number of guanidine groups is 1. The standard InChI is InChI=1S/C23H36N6.HI/c1-17-27-28-20(29(17)6)15-25-21(24-5)26-16-23(13-7-8-14-23)19-11-9-18(10-12-19)22(2,3)4;/h9-12H,7-8,13-16H2,1-6H3,(H2,24,25,26);1H. The van der Waals surface area contributed by atoms with E-state index in [9.17, 15) is 0 Å². The maximum absolute atomic E-state index is 4.41. The average Bonchev–Trinajstić information content (AvgIpc) is 3.30. The van der Waals surface area contributed by atoms with Gasteiger partial charge in [0.05, 0.1) is 6.54 Å². The summed E-state index contributed by atoms with van der Waals surface area (Å²) >= 11 is 0. The molecule has 0 radical (unpaired) electrons. The lowest BCUT2D eigenvalue weighted by Crippen LogP contribution is -2.44. The van der Waals surface area contributed by atoms with E-state index >= 15 is 0 Å². The summed E-state index contributed by atoms with van der Waals surface area (Å²) < 4.78 is 2.00. The molecular weight excluding hydrogens is 487 g/mol. The summed E-state index contributed by atoms with van der Waals surface area (Å²) in [4.78, 5) is 4.41. The van der Waals surface area contributed by atoms with E-state index in [0.29, 0.717) is 6.54 Å². The summed E-state index contributed by atoms with van der Waals surface area (Å²) in [5.74, 6) is 2.62. The van der Waals surface area contributed by atoms with E-state index in [1.54, 1.807) is 0 Å². The largest absolute Gasteiger partial charge is 0.356 e. The number of hydrogen-bond donors (Lipinski definition) is 2. The van der Waals surface area contributed by atoms with Gasteiger partial charge in [0.25, 0.3) is 0 Å². The van der Waals surface area contributed by atoms with Crippen LogP contribution in [0.1, 0.15) is 69.2 Å². The second kappa shape index (κ2) is 10.1. The molecule has 166 valence electrons. The monoisotopic (exact) mass is 524 g/mol. The molecule has 0 bridgehead atoms. The SMILES string of the molecule is CN=C(NCc1nnc(C)n1C)NCC1(c2ccc(C(C)(C)C)cc2)CCCC1.I. The van der Waals surface area contributed by atoms with E-state index in [2.05, 4.69) is 70.9 Å². The molecule has 0 atom stereocenters. The van der Waals surface area contributed by atoms with Gasteiger partial charge in [0.1, 0.15) is 5.82 Å². The highest BCUT2D eigenvalue weighted by Gasteiger charge is 2.35. The van der Waals surface area contributed by atoms with Crippen LogP contribution in [-0.2, 0) is 24.4 Å². The molecule has 1 aromatic carbocycles. The minimum absolute atomic E-state index is 0. The Bertz CT molecular complexity index is 842. The zero-order valence-corrected chi connectivity index (χ0v) is 21.6. The maximum Gasteiger partial charge on any atom is 0.191 e. The van der Waals surface area contributed by atoms with Crippen LogP contribution >= 0.6 is 24.0 Å². The number of aryl methyl sites for hydroxylation is 1. The highest BCUT2D eigenvalue weighted by molar-refractivity contribution is 14.0. The number of aromatic nitrogens is 3. The summed E-state index contributed by atoms with van der Waals surface area (Å²) in [5, 5.41) is 15.3. The van der Waals surface area contributed by atoms with Crippen LogP contribution in [0.3, 0.4) is 0 Å². The molecule has 0 unspecified atom stereocenters. The first kappa shape index (κ1) is 24.6. The summed E-state index contributed by atoms with van der Waals surface area (Å²) in [6.45, 7) is 10.2. The molecular formula is C23H37IN6. The van der Waals surface area contributed by atoms with E-state index in [1.807, 2.05) is 25.6 Å². The normalized spacial score (nSPS) is 16.3. The quantitative estimate of drug-likeness (QED) is 0.349. The van der Waals surface area contributed by atoms with Crippen molar-refractivity contribution in [3.63, 3.8) is 0 Å². The van der Waals surface area contributed by atoms with Gasteiger partial charge >= 0.3 is 0 Å². The Kier molecular flexibility index (Phi) is 8.30. The zero-order valence-electron chi connectivity index (χ0n) is 19.2. The van der Waals surface area contributed by atoms with Crippen LogP contribution in [0.25, 0.3) is 0 Å². The van der Waals surface area contributed by atoms with Gasteiger partial charge in [-0.2, -0.15) is 0 Å². The first-order valence-electron chi connectivity index (χ1n) is 10.7.